The van der Waals surface area contributed by atoms with Gasteiger partial charge < -0.3 is 5.11 Å². The van der Waals surface area contributed by atoms with Crippen LogP contribution in [0.4, 0.5) is 8.78 Å². The summed E-state index contributed by atoms with van der Waals surface area (Å²) in [5, 5.41) is 10.5. The Morgan fingerprint density at radius 3 is 2.66 bits per heavy atom. The van der Waals surface area contributed by atoms with Gasteiger partial charge in [0.05, 0.1) is 4.91 Å². The number of carboxylic acids is 1. The highest BCUT2D eigenvalue weighted by atomic mass is 32.2. The Kier molecular flexibility index (Phi) is 7.15. The van der Waals surface area contributed by atoms with Crippen molar-refractivity contribution < 1.29 is 23.5 Å². The molecule has 1 saturated heterocycles. The maximum Gasteiger partial charge on any atom is 0.303 e. The first-order valence-corrected chi connectivity index (χ1v) is 11.0. The number of thioether (sulfide) groups is 1. The lowest BCUT2D eigenvalue weighted by Crippen LogP contribution is -2.29. The molecular formula is C20H17F2NO3S3. The Morgan fingerprint density at radius 1 is 1.14 bits per heavy atom. The molecule has 1 N–H and O–H groups in total. The lowest BCUT2D eigenvalue weighted by Gasteiger charge is -2.13. The van der Waals surface area contributed by atoms with Crippen LogP contribution in [0.15, 0.2) is 34.6 Å². The molecule has 29 heavy (non-hydrogen) atoms. The Balaban J connectivity index is 1.64. The smallest absolute Gasteiger partial charge is 0.303 e. The molecule has 1 aliphatic rings. The predicted octanol–water partition coefficient (Wildman–Crippen LogP) is 5.54. The van der Waals surface area contributed by atoms with E-state index in [9.17, 15) is 18.4 Å². The largest absolute Gasteiger partial charge is 0.481 e. The van der Waals surface area contributed by atoms with Gasteiger partial charge in [0.2, 0.25) is 0 Å². The monoisotopic (exact) mass is 453 g/mol. The van der Waals surface area contributed by atoms with Crippen LogP contribution in [0.2, 0.25) is 0 Å². The third-order valence-electron chi connectivity index (χ3n) is 4.29. The molecule has 2 aromatic rings. The van der Waals surface area contributed by atoms with Crippen LogP contribution in [0, 0.1) is 11.6 Å². The molecule has 4 nitrogen and oxygen atoms in total. The SMILES string of the molecule is O=C(O)CCCCCN1C(=O)/C(=C/c2cc(-c3ccc(F)c(F)c3)cs2)SC1=S. The van der Waals surface area contributed by atoms with Crippen molar-refractivity contribution in [1.29, 1.82) is 0 Å². The van der Waals surface area contributed by atoms with Gasteiger partial charge in [-0.05, 0) is 53.6 Å². The summed E-state index contributed by atoms with van der Waals surface area (Å²) >= 11 is 7.92. The predicted molar refractivity (Wildman–Crippen MR) is 116 cm³/mol. The first-order chi connectivity index (χ1) is 13.8. The van der Waals surface area contributed by atoms with Gasteiger partial charge in [-0.2, -0.15) is 0 Å². The number of unbranched alkanes of at least 4 members (excludes halogenated alkanes) is 2. The van der Waals surface area contributed by atoms with Crippen molar-refractivity contribution in [2.24, 2.45) is 0 Å². The highest BCUT2D eigenvalue weighted by molar-refractivity contribution is 8.26. The lowest BCUT2D eigenvalue weighted by atomic mass is 10.1. The molecule has 1 aliphatic heterocycles. The van der Waals surface area contributed by atoms with E-state index in [1.54, 1.807) is 6.08 Å². The number of halogens is 2. The van der Waals surface area contributed by atoms with E-state index in [1.165, 1.54) is 34.1 Å². The molecule has 1 aromatic carbocycles. The first-order valence-electron chi connectivity index (χ1n) is 8.86. The number of benzene rings is 1. The lowest BCUT2D eigenvalue weighted by molar-refractivity contribution is -0.137. The summed E-state index contributed by atoms with van der Waals surface area (Å²) in [5.41, 5.74) is 1.31. The van der Waals surface area contributed by atoms with Crippen molar-refractivity contribution in [3.8, 4) is 11.1 Å². The molecule has 0 saturated carbocycles. The van der Waals surface area contributed by atoms with Crippen molar-refractivity contribution in [2.45, 2.75) is 25.7 Å². The number of carboxylic acid groups (broad SMARTS) is 1. The number of thiophene rings is 1. The molecule has 1 aromatic heterocycles. The number of nitrogens with zero attached hydrogens (tertiary/aromatic N) is 1. The normalized spacial score (nSPS) is 15.5. The first kappa shape index (κ1) is 21.6. The average molecular weight is 454 g/mol. The topological polar surface area (TPSA) is 57.6 Å². The fraction of sp³-hybridized carbons (Fsp3) is 0.250. The van der Waals surface area contributed by atoms with Gasteiger partial charge in [0.15, 0.2) is 11.6 Å². The van der Waals surface area contributed by atoms with E-state index < -0.39 is 17.6 Å². The van der Waals surface area contributed by atoms with Gasteiger partial charge in [-0.15, -0.1) is 11.3 Å². The molecule has 0 unspecified atom stereocenters. The Morgan fingerprint density at radius 2 is 1.93 bits per heavy atom. The van der Waals surface area contributed by atoms with Crippen LogP contribution in [0.5, 0.6) is 0 Å². The molecule has 0 bridgehead atoms. The second-order valence-electron chi connectivity index (χ2n) is 6.40. The summed E-state index contributed by atoms with van der Waals surface area (Å²) in [5.74, 6) is -2.78. The summed E-state index contributed by atoms with van der Waals surface area (Å²) in [7, 11) is 0. The second-order valence-corrected chi connectivity index (χ2v) is 9.02. The van der Waals surface area contributed by atoms with Gasteiger partial charge in [0.1, 0.15) is 4.32 Å². The number of carbonyl (C=O) groups excluding carboxylic acids is 1. The maximum absolute atomic E-state index is 13.4. The minimum absolute atomic E-state index is 0.122. The van der Waals surface area contributed by atoms with Crippen LogP contribution in [0.1, 0.15) is 30.6 Å². The number of rotatable bonds is 8. The summed E-state index contributed by atoms with van der Waals surface area (Å²) in [6.07, 6.45) is 3.84. The highest BCUT2D eigenvalue weighted by Gasteiger charge is 2.31. The van der Waals surface area contributed by atoms with Gasteiger partial charge in [0, 0.05) is 17.8 Å². The Labute approximate surface area is 180 Å². The molecule has 1 fully saturated rings. The maximum atomic E-state index is 13.4. The molecular weight excluding hydrogens is 436 g/mol. The van der Waals surface area contributed by atoms with Gasteiger partial charge in [0.25, 0.3) is 5.91 Å². The van der Waals surface area contributed by atoms with E-state index >= 15 is 0 Å². The number of aliphatic carboxylic acids is 1. The van der Waals surface area contributed by atoms with Crippen molar-refractivity contribution >= 4 is 57.6 Å². The Bertz CT molecular complexity index is 987. The van der Waals surface area contributed by atoms with Gasteiger partial charge in [-0.25, -0.2) is 8.78 Å². The fourth-order valence-electron chi connectivity index (χ4n) is 2.80. The minimum Gasteiger partial charge on any atom is -0.481 e. The summed E-state index contributed by atoms with van der Waals surface area (Å²) in [6, 6.07) is 5.55. The van der Waals surface area contributed by atoms with Crippen LogP contribution >= 0.6 is 35.3 Å². The molecule has 152 valence electrons. The van der Waals surface area contributed by atoms with Crippen LogP contribution in [-0.2, 0) is 9.59 Å². The average Bonchev–Trinajstić information content (AvgIpc) is 3.23. The number of hydrogen-bond donors (Lipinski definition) is 1. The molecule has 3 rings (SSSR count). The van der Waals surface area contributed by atoms with E-state index in [0.717, 1.165) is 22.6 Å². The third-order valence-corrected chi connectivity index (χ3v) is 6.55. The number of hydrogen-bond acceptors (Lipinski definition) is 5. The van der Waals surface area contributed by atoms with Crippen LogP contribution in [0.25, 0.3) is 17.2 Å². The highest BCUT2D eigenvalue weighted by Crippen LogP contribution is 2.35. The third kappa shape index (κ3) is 5.49. The van der Waals surface area contributed by atoms with Crippen LogP contribution in [-0.4, -0.2) is 32.7 Å². The summed E-state index contributed by atoms with van der Waals surface area (Å²) in [6.45, 7) is 0.464. The van der Waals surface area contributed by atoms with Crippen molar-refractivity contribution in [3.05, 3.63) is 51.1 Å². The molecule has 0 radical (unpaired) electrons. The van der Waals surface area contributed by atoms with E-state index in [2.05, 4.69) is 0 Å². The standard InChI is InChI=1S/C20H17F2NO3S3/c21-15-6-5-12(9-16(15)22)13-8-14(28-11-13)10-17-19(26)23(20(27)29-17)7-3-1-2-4-18(24)25/h5-6,8-11H,1-4,7H2,(H,24,25)/b17-10-. The molecule has 1 amide bonds. The zero-order valence-electron chi connectivity index (χ0n) is 15.2. The van der Waals surface area contributed by atoms with Crippen LogP contribution in [0.3, 0.4) is 0 Å². The zero-order chi connectivity index (χ0) is 21.0. The van der Waals surface area contributed by atoms with Gasteiger partial charge >= 0.3 is 5.97 Å². The number of thiocarbonyl (C=S) groups is 1. The van der Waals surface area contributed by atoms with E-state index in [1.807, 2.05) is 11.4 Å². The summed E-state index contributed by atoms with van der Waals surface area (Å²) < 4.78 is 27.0. The summed E-state index contributed by atoms with van der Waals surface area (Å²) in [4.78, 5) is 26.0. The van der Waals surface area contributed by atoms with Crippen molar-refractivity contribution in [2.75, 3.05) is 6.54 Å². The van der Waals surface area contributed by atoms with Crippen molar-refractivity contribution in [1.82, 2.24) is 4.90 Å². The molecule has 9 heteroatoms. The van der Waals surface area contributed by atoms with E-state index in [4.69, 9.17) is 17.3 Å². The van der Waals surface area contributed by atoms with Crippen molar-refractivity contribution in [3.63, 3.8) is 0 Å². The molecule has 0 atom stereocenters. The van der Waals surface area contributed by atoms with Crippen LogP contribution < -0.4 is 0 Å². The molecule has 2 heterocycles. The van der Waals surface area contributed by atoms with E-state index in [0.29, 0.717) is 40.6 Å². The zero-order valence-corrected chi connectivity index (χ0v) is 17.6. The van der Waals surface area contributed by atoms with Gasteiger partial charge in [-0.1, -0.05) is 36.5 Å². The number of carbonyl (C=O) groups is 2. The molecule has 0 aliphatic carbocycles. The van der Waals surface area contributed by atoms with E-state index in [-0.39, 0.29) is 12.3 Å². The Hall–Kier alpha value is -2.10. The number of amides is 1. The second kappa shape index (κ2) is 9.60. The quantitative estimate of drug-likeness (QED) is 0.323. The molecule has 0 spiro atoms. The minimum atomic E-state index is -0.903. The fourth-order valence-corrected chi connectivity index (χ4v) is 5.02. The van der Waals surface area contributed by atoms with Gasteiger partial charge in [-0.3, -0.25) is 14.5 Å².